The molecule has 0 bridgehead atoms. The summed E-state index contributed by atoms with van der Waals surface area (Å²) < 4.78 is 1.87. The maximum absolute atomic E-state index is 12.7. The first kappa shape index (κ1) is 15.9. The Bertz CT molecular complexity index is 867. The number of likely N-dealkylation sites (tertiary alicyclic amines) is 1. The lowest BCUT2D eigenvalue weighted by Crippen LogP contribution is -2.31. The number of amides is 1. The van der Waals surface area contributed by atoms with Crippen LogP contribution in [0.15, 0.2) is 36.7 Å². The number of aromatic amines is 1. The molecule has 0 radical (unpaired) electrons. The molecule has 1 atom stereocenters. The van der Waals surface area contributed by atoms with Gasteiger partial charge in [-0.15, -0.1) is 0 Å². The number of nitrogens with one attached hydrogen (secondary N) is 1. The molecule has 1 saturated heterocycles. The molecule has 0 spiro atoms. The molecule has 4 rings (SSSR count). The van der Waals surface area contributed by atoms with Gasteiger partial charge in [-0.25, -0.2) is 4.98 Å². The summed E-state index contributed by atoms with van der Waals surface area (Å²) in [6.45, 7) is 3.67. The largest absolute Gasteiger partial charge is 0.340 e. The Morgan fingerprint density at radius 1 is 1.40 bits per heavy atom. The molecule has 0 aliphatic carbocycles. The van der Waals surface area contributed by atoms with Gasteiger partial charge in [0, 0.05) is 31.9 Å². The molecule has 0 saturated carbocycles. The molecule has 6 heteroatoms. The van der Waals surface area contributed by atoms with Crippen LogP contribution in [0.25, 0.3) is 11.0 Å². The van der Waals surface area contributed by atoms with E-state index in [2.05, 4.69) is 29.1 Å². The summed E-state index contributed by atoms with van der Waals surface area (Å²) in [6.07, 6.45) is 7.06. The van der Waals surface area contributed by atoms with E-state index in [1.165, 1.54) is 5.56 Å². The van der Waals surface area contributed by atoms with Gasteiger partial charge >= 0.3 is 0 Å². The number of fused-ring (bicyclic) bond motifs is 1. The van der Waals surface area contributed by atoms with Gasteiger partial charge in [-0.05, 0) is 49.9 Å². The molecule has 3 aromatic rings. The highest BCUT2D eigenvalue weighted by molar-refractivity contribution is 5.78. The zero-order chi connectivity index (χ0) is 17.2. The molecule has 1 fully saturated rings. The van der Waals surface area contributed by atoms with Crippen LogP contribution in [0.2, 0.25) is 0 Å². The van der Waals surface area contributed by atoms with Gasteiger partial charge in [0.2, 0.25) is 5.91 Å². The Hall–Kier alpha value is -2.63. The third-order valence-corrected chi connectivity index (χ3v) is 4.88. The maximum Gasteiger partial charge on any atom is 0.223 e. The first-order valence-electron chi connectivity index (χ1n) is 8.94. The van der Waals surface area contributed by atoms with Crippen LogP contribution >= 0.6 is 0 Å². The molecular formula is C19H23N5O. The average Bonchev–Trinajstić information content (AvgIpc) is 3.33. The smallest absolute Gasteiger partial charge is 0.223 e. The Balaban J connectivity index is 1.44. The Morgan fingerprint density at radius 2 is 2.32 bits per heavy atom. The van der Waals surface area contributed by atoms with Crippen molar-refractivity contribution < 1.29 is 4.79 Å². The molecule has 25 heavy (non-hydrogen) atoms. The number of hydrogen-bond acceptors (Lipinski definition) is 3. The maximum atomic E-state index is 12.7. The van der Waals surface area contributed by atoms with Crippen LogP contribution in [0.5, 0.6) is 0 Å². The van der Waals surface area contributed by atoms with Gasteiger partial charge < -0.3 is 9.88 Å². The summed E-state index contributed by atoms with van der Waals surface area (Å²) in [5.74, 6) is 1.13. The zero-order valence-corrected chi connectivity index (χ0v) is 14.5. The lowest BCUT2D eigenvalue weighted by molar-refractivity contribution is -0.132. The fourth-order valence-corrected chi connectivity index (χ4v) is 3.62. The van der Waals surface area contributed by atoms with Gasteiger partial charge in [-0.1, -0.05) is 6.07 Å². The zero-order valence-electron chi connectivity index (χ0n) is 14.5. The Labute approximate surface area is 146 Å². The van der Waals surface area contributed by atoms with Crippen molar-refractivity contribution in [2.75, 3.05) is 6.54 Å². The van der Waals surface area contributed by atoms with Crippen LogP contribution in [0.4, 0.5) is 0 Å². The van der Waals surface area contributed by atoms with E-state index in [0.717, 1.165) is 49.2 Å². The predicted octanol–water partition coefficient (Wildman–Crippen LogP) is 3.21. The molecule has 130 valence electrons. The van der Waals surface area contributed by atoms with Crippen molar-refractivity contribution in [2.24, 2.45) is 0 Å². The fraction of sp³-hybridized carbons (Fsp3) is 0.421. The second-order valence-corrected chi connectivity index (χ2v) is 6.76. The summed E-state index contributed by atoms with van der Waals surface area (Å²) in [7, 11) is 0. The monoisotopic (exact) mass is 337 g/mol. The van der Waals surface area contributed by atoms with Gasteiger partial charge in [-0.3, -0.25) is 9.48 Å². The van der Waals surface area contributed by atoms with E-state index >= 15 is 0 Å². The quantitative estimate of drug-likeness (QED) is 0.777. The van der Waals surface area contributed by atoms with E-state index in [-0.39, 0.29) is 11.9 Å². The number of carbonyl (C=O) groups is 1. The fourth-order valence-electron chi connectivity index (χ4n) is 3.62. The van der Waals surface area contributed by atoms with Crippen LogP contribution in [-0.2, 0) is 11.3 Å². The second-order valence-electron chi connectivity index (χ2n) is 6.76. The number of aryl methyl sites for hydroxylation is 2. The minimum atomic E-state index is 0.0740. The van der Waals surface area contributed by atoms with Crippen LogP contribution in [0.1, 0.15) is 43.1 Å². The second kappa shape index (κ2) is 6.70. The first-order valence-corrected chi connectivity index (χ1v) is 8.94. The molecule has 1 aliphatic rings. The topological polar surface area (TPSA) is 66.8 Å². The molecule has 1 N–H and O–H groups in total. The van der Waals surface area contributed by atoms with Crippen LogP contribution in [0, 0.1) is 6.92 Å². The molecule has 0 unspecified atom stereocenters. The Morgan fingerprint density at radius 3 is 3.16 bits per heavy atom. The minimum Gasteiger partial charge on any atom is -0.340 e. The van der Waals surface area contributed by atoms with E-state index in [1.54, 1.807) is 6.20 Å². The van der Waals surface area contributed by atoms with Crippen LogP contribution < -0.4 is 0 Å². The summed E-state index contributed by atoms with van der Waals surface area (Å²) in [5.41, 5.74) is 3.23. The van der Waals surface area contributed by atoms with Gasteiger partial charge in [-0.2, -0.15) is 5.10 Å². The standard InChI is InChI=1S/C19H23N5O/c1-14-7-8-15-16(13-14)22-19(21-15)17-5-2-12-24(17)18(25)6-3-10-23-11-4-9-20-23/h4,7-9,11,13,17H,2-3,5-6,10,12H2,1H3,(H,21,22)/t17-/m1/s1. The average molecular weight is 337 g/mol. The molecule has 6 nitrogen and oxygen atoms in total. The number of benzene rings is 1. The lowest BCUT2D eigenvalue weighted by atomic mass is 10.2. The summed E-state index contributed by atoms with van der Waals surface area (Å²) in [6, 6.07) is 8.19. The van der Waals surface area contributed by atoms with E-state index in [1.807, 2.05) is 27.9 Å². The first-order chi connectivity index (χ1) is 12.2. The molecule has 1 aliphatic heterocycles. The van der Waals surface area contributed by atoms with Crippen molar-refractivity contribution in [1.82, 2.24) is 24.6 Å². The number of aromatic nitrogens is 4. The number of H-pyrrole nitrogens is 1. The van der Waals surface area contributed by atoms with Crippen LogP contribution in [-0.4, -0.2) is 37.1 Å². The van der Waals surface area contributed by atoms with Gasteiger partial charge in [0.15, 0.2) is 0 Å². The van der Waals surface area contributed by atoms with Gasteiger partial charge in [0.05, 0.1) is 17.1 Å². The third-order valence-electron chi connectivity index (χ3n) is 4.88. The number of hydrogen-bond donors (Lipinski definition) is 1. The van der Waals surface area contributed by atoms with Crippen molar-refractivity contribution in [1.29, 1.82) is 0 Å². The SMILES string of the molecule is Cc1ccc2nc([C@H]3CCCN3C(=O)CCCn3cccn3)[nH]c2c1. The van der Waals surface area contributed by atoms with Gasteiger partial charge in [0.1, 0.15) is 5.82 Å². The minimum absolute atomic E-state index is 0.0740. The number of nitrogens with zero attached hydrogens (tertiary/aromatic N) is 4. The summed E-state index contributed by atoms with van der Waals surface area (Å²) in [4.78, 5) is 22.8. The highest BCUT2D eigenvalue weighted by Gasteiger charge is 2.31. The van der Waals surface area contributed by atoms with Gasteiger partial charge in [0.25, 0.3) is 0 Å². The van der Waals surface area contributed by atoms with Crippen molar-refractivity contribution >= 4 is 16.9 Å². The van der Waals surface area contributed by atoms with E-state index in [4.69, 9.17) is 4.98 Å². The summed E-state index contributed by atoms with van der Waals surface area (Å²) in [5, 5.41) is 4.18. The molecule has 1 aromatic carbocycles. The molecular weight excluding hydrogens is 314 g/mol. The van der Waals surface area contributed by atoms with Crippen LogP contribution in [0.3, 0.4) is 0 Å². The van der Waals surface area contributed by atoms with E-state index < -0.39 is 0 Å². The van der Waals surface area contributed by atoms with E-state index in [0.29, 0.717) is 6.42 Å². The Kier molecular flexibility index (Phi) is 4.26. The third kappa shape index (κ3) is 3.29. The van der Waals surface area contributed by atoms with Crippen molar-refractivity contribution in [3.63, 3.8) is 0 Å². The van der Waals surface area contributed by atoms with Crippen molar-refractivity contribution in [3.05, 3.63) is 48.0 Å². The molecule has 1 amide bonds. The van der Waals surface area contributed by atoms with Crippen molar-refractivity contribution in [3.8, 4) is 0 Å². The number of carbonyl (C=O) groups excluding carboxylic acids is 1. The normalized spacial score (nSPS) is 17.5. The van der Waals surface area contributed by atoms with Crippen molar-refractivity contribution in [2.45, 2.75) is 45.2 Å². The predicted molar refractivity (Wildman–Crippen MR) is 96.0 cm³/mol. The molecule has 3 heterocycles. The lowest BCUT2D eigenvalue weighted by Gasteiger charge is -2.23. The highest BCUT2D eigenvalue weighted by atomic mass is 16.2. The van der Waals surface area contributed by atoms with E-state index in [9.17, 15) is 4.79 Å². The summed E-state index contributed by atoms with van der Waals surface area (Å²) >= 11 is 0. The number of rotatable bonds is 5. The molecule has 2 aromatic heterocycles. The highest BCUT2D eigenvalue weighted by Crippen LogP contribution is 2.32. The number of imidazole rings is 1.